The van der Waals surface area contributed by atoms with Crippen molar-refractivity contribution in [3.05, 3.63) is 40.6 Å². The first-order chi connectivity index (χ1) is 6.81. The van der Waals surface area contributed by atoms with Crippen molar-refractivity contribution in [1.29, 1.82) is 0 Å². The van der Waals surface area contributed by atoms with Crippen LogP contribution in [0, 0.1) is 0 Å². The first-order valence-corrected chi connectivity index (χ1v) is 4.31. The third-order valence-corrected chi connectivity index (χ3v) is 1.91. The van der Waals surface area contributed by atoms with E-state index in [2.05, 4.69) is 4.98 Å². The number of hydrogen-bond acceptors (Lipinski definition) is 4. The average molecular weight is 191 g/mol. The Morgan fingerprint density at radius 1 is 1.36 bits per heavy atom. The van der Waals surface area contributed by atoms with Gasteiger partial charge in [-0.25, -0.2) is 9.78 Å². The maximum atomic E-state index is 11.4. The van der Waals surface area contributed by atoms with Crippen LogP contribution in [0.5, 0.6) is 0 Å². The van der Waals surface area contributed by atoms with E-state index in [1.165, 1.54) is 0 Å². The lowest BCUT2D eigenvalue weighted by molar-refractivity contribution is 0.280. The van der Waals surface area contributed by atoms with Crippen molar-refractivity contribution in [3.8, 4) is 0 Å². The molecule has 0 saturated carbocycles. The molecule has 0 fully saturated rings. The summed E-state index contributed by atoms with van der Waals surface area (Å²) in [6, 6.07) is 6.97. The van der Waals surface area contributed by atoms with Crippen LogP contribution in [-0.2, 0) is 6.42 Å². The Bertz CT molecular complexity index is 504. The highest BCUT2D eigenvalue weighted by molar-refractivity contribution is 5.76. The minimum atomic E-state index is -0.404. The van der Waals surface area contributed by atoms with Gasteiger partial charge in [-0.3, -0.25) is 0 Å². The van der Waals surface area contributed by atoms with Gasteiger partial charge < -0.3 is 9.52 Å². The van der Waals surface area contributed by atoms with E-state index in [1.54, 1.807) is 24.3 Å². The largest absolute Gasteiger partial charge is 0.408 e. The molecule has 1 aromatic heterocycles. The van der Waals surface area contributed by atoms with E-state index < -0.39 is 5.63 Å². The molecule has 0 atom stereocenters. The Hall–Kier alpha value is -1.68. The fourth-order valence-corrected chi connectivity index (χ4v) is 1.27. The van der Waals surface area contributed by atoms with Crippen LogP contribution in [0.25, 0.3) is 10.9 Å². The molecule has 4 nitrogen and oxygen atoms in total. The van der Waals surface area contributed by atoms with Gasteiger partial charge >= 0.3 is 5.63 Å². The molecule has 1 heterocycles. The summed E-state index contributed by atoms with van der Waals surface area (Å²) < 4.78 is 4.90. The summed E-state index contributed by atoms with van der Waals surface area (Å²) in [6.45, 7) is -0.0751. The fraction of sp³-hybridized carbons (Fsp3) is 0.200. The lowest BCUT2D eigenvalue weighted by Crippen LogP contribution is -2.06. The number of para-hydroxylation sites is 1. The van der Waals surface area contributed by atoms with Gasteiger partial charge in [0.2, 0.25) is 5.89 Å². The number of nitrogens with zero attached hydrogens (tertiary/aromatic N) is 1. The van der Waals surface area contributed by atoms with Gasteiger partial charge in [-0.15, -0.1) is 0 Å². The summed E-state index contributed by atoms with van der Waals surface area (Å²) in [6.07, 6.45) is 0.264. The number of hydrogen-bond donors (Lipinski definition) is 1. The van der Waals surface area contributed by atoms with Gasteiger partial charge in [0.1, 0.15) is 0 Å². The first-order valence-electron chi connectivity index (χ1n) is 4.31. The van der Waals surface area contributed by atoms with Crippen molar-refractivity contribution < 1.29 is 9.52 Å². The highest BCUT2D eigenvalue weighted by atomic mass is 16.4. The van der Waals surface area contributed by atoms with Crippen LogP contribution >= 0.6 is 0 Å². The van der Waals surface area contributed by atoms with Gasteiger partial charge in [0.15, 0.2) is 0 Å². The normalized spacial score (nSPS) is 10.6. The maximum absolute atomic E-state index is 11.4. The molecule has 0 radical (unpaired) electrons. The molecule has 0 aliphatic heterocycles. The molecular formula is C10H9NO3. The van der Waals surface area contributed by atoms with Gasteiger partial charge in [0, 0.05) is 6.42 Å². The Balaban J connectivity index is 2.66. The standard InChI is InChI=1S/C10H9NO3/c12-6-5-9-11-8-4-2-1-3-7(8)10(13)14-9/h1-4,12H,5-6H2. The van der Waals surface area contributed by atoms with E-state index in [9.17, 15) is 4.79 Å². The third kappa shape index (κ3) is 1.52. The molecule has 0 spiro atoms. The summed E-state index contributed by atoms with van der Waals surface area (Å²) in [5, 5.41) is 9.15. The van der Waals surface area contributed by atoms with Crippen LogP contribution in [0.4, 0.5) is 0 Å². The number of fused-ring (bicyclic) bond motifs is 1. The number of aliphatic hydroxyl groups is 1. The third-order valence-electron chi connectivity index (χ3n) is 1.91. The molecule has 1 aromatic carbocycles. The van der Waals surface area contributed by atoms with Crippen LogP contribution in [-0.4, -0.2) is 16.7 Å². The summed E-state index contributed by atoms with van der Waals surface area (Å²) in [5.41, 5.74) is 0.200. The molecule has 0 saturated heterocycles. The smallest absolute Gasteiger partial charge is 0.346 e. The van der Waals surface area contributed by atoms with E-state index in [-0.39, 0.29) is 18.9 Å². The quantitative estimate of drug-likeness (QED) is 0.759. The average Bonchev–Trinajstić information content (AvgIpc) is 2.18. The van der Waals surface area contributed by atoms with Gasteiger partial charge in [-0.2, -0.15) is 0 Å². The maximum Gasteiger partial charge on any atom is 0.346 e. The van der Waals surface area contributed by atoms with Crippen LogP contribution in [0.3, 0.4) is 0 Å². The summed E-state index contributed by atoms with van der Waals surface area (Å²) in [4.78, 5) is 15.5. The fourth-order valence-electron chi connectivity index (χ4n) is 1.27. The minimum Gasteiger partial charge on any atom is -0.408 e. The number of benzene rings is 1. The minimum absolute atomic E-state index is 0.0751. The molecule has 1 N–H and O–H groups in total. The van der Waals surface area contributed by atoms with Crippen LogP contribution < -0.4 is 5.63 Å². The monoisotopic (exact) mass is 191 g/mol. The summed E-state index contributed by atoms with van der Waals surface area (Å²) in [5.74, 6) is 0.274. The topological polar surface area (TPSA) is 63.3 Å². The van der Waals surface area contributed by atoms with Gasteiger partial charge in [0.05, 0.1) is 17.5 Å². The number of rotatable bonds is 2. The van der Waals surface area contributed by atoms with Crippen LogP contribution in [0.1, 0.15) is 5.89 Å². The zero-order chi connectivity index (χ0) is 9.97. The van der Waals surface area contributed by atoms with Crippen molar-refractivity contribution in [2.45, 2.75) is 6.42 Å². The molecule has 2 aromatic rings. The number of aliphatic hydroxyl groups excluding tert-OH is 1. The van der Waals surface area contributed by atoms with E-state index in [0.29, 0.717) is 10.9 Å². The van der Waals surface area contributed by atoms with E-state index >= 15 is 0 Å². The zero-order valence-electron chi connectivity index (χ0n) is 7.43. The van der Waals surface area contributed by atoms with Crippen molar-refractivity contribution in [1.82, 2.24) is 4.98 Å². The van der Waals surface area contributed by atoms with Gasteiger partial charge in [0.25, 0.3) is 0 Å². The highest BCUT2D eigenvalue weighted by Crippen LogP contribution is 2.07. The van der Waals surface area contributed by atoms with Crippen LogP contribution in [0.15, 0.2) is 33.5 Å². The summed E-state index contributed by atoms with van der Waals surface area (Å²) >= 11 is 0. The van der Waals surface area contributed by atoms with E-state index in [1.807, 2.05) is 0 Å². The molecule has 2 rings (SSSR count). The Morgan fingerprint density at radius 2 is 2.14 bits per heavy atom. The highest BCUT2D eigenvalue weighted by Gasteiger charge is 2.04. The molecule has 0 unspecified atom stereocenters. The molecule has 0 aliphatic carbocycles. The lowest BCUT2D eigenvalue weighted by Gasteiger charge is -1.98. The second-order valence-corrected chi connectivity index (χ2v) is 2.89. The molecule has 14 heavy (non-hydrogen) atoms. The molecule has 4 heteroatoms. The molecule has 0 amide bonds. The van der Waals surface area contributed by atoms with Gasteiger partial charge in [-0.1, -0.05) is 12.1 Å². The van der Waals surface area contributed by atoms with Gasteiger partial charge in [-0.05, 0) is 12.1 Å². The second-order valence-electron chi connectivity index (χ2n) is 2.89. The number of aromatic nitrogens is 1. The predicted molar refractivity (Wildman–Crippen MR) is 51.1 cm³/mol. The predicted octanol–water partition coefficient (Wildman–Crippen LogP) is 0.723. The second kappa shape index (κ2) is 3.59. The lowest BCUT2D eigenvalue weighted by atomic mass is 10.2. The van der Waals surface area contributed by atoms with Crippen molar-refractivity contribution >= 4 is 10.9 Å². The SMILES string of the molecule is O=c1oc(CCO)nc2ccccc12. The summed E-state index contributed by atoms with van der Waals surface area (Å²) in [7, 11) is 0. The Labute approximate surface area is 79.8 Å². The van der Waals surface area contributed by atoms with Crippen LogP contribution in [0.2, 0.25) is 0 Å². The van der Waals surface area contributed by atoms with Crippen molar-refractivity contribution in [3.63, 3.8) is 0 Å². The van der Waals surface area contributed by atoms with E-state index in [0.717, 1.165) is 0 Å². The van der Waals surface area contributed by atoms with E-state index in [4.69, 9.17) is 9.52 Å². The van der Waals surface area contributed by atoms with Crippen molar-refractivity contribution in [2.75, 3.05) is 6.61 Å². The molecular weight excluding hydrogens is 182 g/mol. The first kappa shape index (κ1) is 8.90. The molecule has 0 bridgehead atoms. The Morgan fingerprint density at radius 3 is 2.93 bits per heavy atom. The zero-order valence-corrected chi connectivity index (χ0v) is 7.43. The molecule has 72 valence electrons. The molecule has 0 aliphatic rings. The van der Waals surface area contributed by atoms with Crippen molar-refractivity contribution in [2.24, 2.45) is 0 Å². The Kier molecular flexibility index (Phi) is 2.28.